The van der Waals surface area contributed by atoms with Crippen LogP contribution in [0.15, 0.2) is 21.1 Å². The van der Waals surface area contributed by atoms with Gasteiger partial charge in [0.05, 0.1) is 11.8 Å². The molecule has 1 heterocycles. The van der Waals surface area contributed by atoms with Crippen LogP contribution in [0, 0.1) is 0 Å². The number of benzene rings is 1. The van der Waals surface area contributed by atoms with Crippen molar-refractivity contribution in [3.05, 3.63) is 26.6 Å². The molecule has 1 unspecified atom stereocenters. The maximum absolute atomic E-state index is 10.3. The Labute approximate surface area is 130 Å². The maximum Gasteiger partial charge on any atom is 0.0917 e. The number of nitrogens with two attached hydrogens (primary N) is 1. The van der Waals surface area contributed by atoms with Gasteiger partial charge in [0.15, 0.2) is 0 Å². The van der Waals surface area contributed by atoms with Gasteiger partial charge in [-0.25, -0.2) is 0 Å². The van der Waals surface area contributed by atoms with Gasteiger partial charge in [0.1, 0.15) is 0 Å². The minimum absolute atomic E-state index is 0.489. The third-order valence-electron chi connectivity index (χ3n) is 3.51. The molecule has 0 radical (unpaired) electrons. The Hall–Kier alpha value is -0.140. The lowest BCUT2D eigenvalue weighted by Gasteiger charge is -2.33. The SMILES string of the molecule is CN1CCN(CC(O)c2cc(Br)c(N)c(Br)c2)CC1. The molecule has 1 atom stereocenters. The highest BCUT2D eigenvalue weighted by Gasteiger charge is 2.19. The van der Waals surface area contributed by atoms with Crippen LogP contribution in [0.5, 0.6) is 0 Å². The molecule has 106 valence electrons. The van der Waals surface area contributed by atoms with Gasteiger partial charge in [-0.15, -0.1) is 0 Å². The van der Waals surface area contributed by atoms with Crippen molar-refractivity contribution in [3.8, 4) is 0 Å². The second kappa shape index (κ2) is 6.54. The normalized spacial score (nSPS) is 19.6. The summed E-state index contributed by atoms with van der Waals surface area (Å²) in [5, 5.41) is 10.3. The third kappa shape index (κ3) is 3.92. The van der Waals surface area contributed by atoms with Crippen LogP contribution in [0.2, 0.25) is 0 Å². The van der Waals surface area contributed by atoms with E-state index >= 15 is 0 Å². The van der Waals surface area contributed by atoms with Crippen LogP contribution in [0.3, 0.4) is 0 Å². The summed E-state index contributed by atoms with van der Waals surface area (Å²) >= 11 is 6.82. The molecule has 4 nitrogen and oxygen atoms in total. The first-order valence-corrected chi connectivity index (χ1v) is 7.89. The molecule has 2 rings (SSSR count). The van der Waals surface area contributed by atoms with Gasteiger partial charge < -0.3 is 15.7 Å². The Morgan fingerprint density at radius 1 is 1.21 bits per heavy atom. The topological polar surface area (TPSA) is 52.7 Å². The molecule has 0 aromatic heterocycles. The van der Waals surface area contributed by atoms with E-state index in [0.29, 0.717) is 12.2 Å². The van der Waals surface area contributed by atoms with Gasteiger partial charge in [-0.3, -0.25) is 4.90 Å². The van der Waals surface area contributed by atoms with E-state index in [1.165, 1.54) is 0 Å². The van der Waals surface area contributed by atoms with Crippen molar-refractivity contribution >= 4 is 37.5 Å². The fourth-order valence-electron chi connectivity index (χ4n) is 2.18. The Morgan fingerprint density at radius 3 is 2.26 bits per heavy atom. The van der Waals surface area contributed by atoms with E-state index in [1.54, 1.807) is 0 Å². The molecule has 0 amide bonds. The maximum atomic E-state index is 10.3. The average molecular weight is 393 g/mol. The predicted molar refractivity (Wildman–Crippen MR) is 85.2 cm³/mol. The van der Waals surface area contributed by atoms with Crippen LogP contribution in [0.4, 0.5) is 5.69 Å². The van der Waals surface area contributed by atoms with E-state index < -0.39 is 6.10 Å². The molecule has 1 aromatic carbocycles. The number of piperazine rings is 1. The minimum Gasteiger partial charge on any atom is -0.397 e. The summed E-state index contributed by atoms with van der Waals surface area (Å²) in [5.74, 6) is 0. The van der Waals surface area contributed by atoms with Crippen LogP contribution in [0.1, 0.15) is 11.7 Å². The van der Waals surface area contributed by atoms with Gasteiger partial charge in [-0.1, -0.05) is 0 Å². The summed E-state index contributed by atoms with van der Waals surface area (Å²) in [6.07, 6.45) is -0.489. The Bertz CT molecular complexity index is 425. The number of aliphatic hydroxyl groups excluding tert-OH is 1. The first-order chi connectivity index (χ1) is 8.97. The molecule has 19 heavy (non-hydrogen) atoms. The standard InChI is InChI=1S/C13H19Br2N3O/c1-17-2-4-18(5-3-17)8-12(19)9-6-10(14)13(16)11(15)7-9/h6-7,12,19H,2-5,8,16H2,1H3. The van der Waals surface area contributed by atoms with Crippen molar-refractivity contribution in [1.29, 1.82) is 0 Å². The van der Waals surface area contributed by atoms with Crippen molar-refractivity contribution in [3.63, 3.8) is 0 Å². The lowest BCUT2D eigenvalue weighted by Crippen LogP contribution is -2.45. The second-order valence-electron chi connectivity index (χ2n) is 5.02. The van der Waals surface area contributed by atoms with E-state index in [-0.39, 0.29) is 0 Å². The molecule has 0 aliphatic carbocycles. The molecule has 6 heteroatoms. The number of β-amino-alcohol motifs (C(OH)–C–C–N with tert-alkyl or cyclic N) is 1. The van der Waals surface area contributed by atoms with Gasteiger partial charge in [-0.05, 0) is 56.6 Å². The summed E-state index contributed by atoms with van der Waals surface area (Å²) in [4.78, 5) is 4.60. The average Bonchev–Trinajstić information content (AvgIpc) is 2.38. The van der Waals surface area contributed by atoms with Gasteiger partial charge in [0.25, 0.3) is 0 Å². The molecule has 1 aliphatic heterocycles. The molecule has 1 aliphatic rings. The lowest BCUT2D eigenvalue weighted by atomic mass is 10.1. The lowest BCUT2D eigenvalue weighted by molar-refractivity contribution is 0.0805. The third-order valence-corrected chi connectivity index (χ3v) is 4.83. The number of aliphatic hydroxyl groups is 1. The number of likely N-dealkylation sites (N-methyl/N-ethyl adjacent to an activating group) is 1. The van der Waals surface area contributed by atoms with Crippen molar-refractivity contribution in [1.82, 2.24) is 9.80 Å². The summed E-state index contributed by atoms with van der Waals surface area (Å²) in [6, 6.07) is 3.78. The summed E-state index contributed by atoms with van der Waals surface area (Å²) in [7, 11) is 2.13. The quantitative estimate of drug-likeness (QED) is 0.773. The zero-order chi connectivity index (χ0) is 14.0. The molecule has 1 aromatic rings. The molecular weight excluding hydrogens is 374 g/mol. The van der Waals surface area contributed by atoms with E-state index in [1.807, 2.05) is 12.1 Å². The molecule has 1 saturated heterocycles. The van der Waals surface area contributed by atoms with Gasteiger partial charge in [0, 0.05) is 41.7 Å². The first kappa shape index (κ1) is 15.3. The smallest absolute Gasteiger partial charge is 0.0917 e. The Morgan fingerprint density at radius 2 is 1.74 bits per heavy atom. The molecule has 1 fully saturated rings. The van der Waals surface area contributed by atoms with Crippen molar-refractivity contribution in [2.45, 2.75) is 6.10 Å². The van der Waals surface area contributed by atoms with Gasteiger partial charge in [-0.2, -0.15) is 0 Å². The van der Waals surface area contributed by atoms with E-state index in [0.717, 1.165) is 40.7 Å². The number of halogens is 2. The van der Waals surface area contributed by atoms with E-state index in [2.05, 4.69) is 48.7 Å². The van der Waals surface area contributed by atoms with Crippen molar-refractivity contribution < 1.29 is 5.11 Å². The zero-order valence-corrected chi connectivity index (χ0v) is 14.1. The number of rotatable bonds is 3. The van der Waals surface area contributed by atoms with Gasteiger partial charge in [0.2, 0.25) is 0 Å². The molecule has 3 N–H and O–H groups in total. The molecule has 0 spiro atoms. The summed E-state index contributed by atoms with van der Waals surface area (Å²) in [5.41, 5.74) is 7.40. The molecular formula is C13H19Br2N3O. The highest BCUT2D eigenvalue weighted by molar-refractivity contribution is 9.11. The fourth-order valence-corrected chi connectivity index (χ4v) is 3.40. The Kier molecular flexibility index (Phi) is 5.25. The Balaban J connectivity index is 2.02. The van der Waals surface area contributed by atoms with E-state index in [9.17, 15) is 5.11 Å². The monoisotopic (exact) mass is 391 g/mol. The highest BCUT2D eigenvalue weighted by atomic mass is 79.9. The first-order valence-electron chi connectivity index (χ1n) is 6.30. The highest BCUT2D eigenvalue weighted by Crippen LogP contribution is 2.32. The number of anilines is 1. The number of hydrogen-bond donors (Lipinski definition) is 2. The largest absolute Gasteiger partial charge is 0.397 e. The second-order valence-corrected chi connectivity index (χ2v) is 6.73. The van der Waals surface area contributed by atoms with Crippen LogP contribution in [0.25, 0.3) is 0 Å². The molecule has 0 bridgehead atoms. The van der Waals surface area contributed by atoms with Crippen molar-refractivity contribution in [2.75, 3.05) is 45.5 Å². The summed E-state index contributed by atoms with van der Waals surface area (Å²) < 4.78 is 1.63. The van der Waals surface area contributed by atoms with Crippen LogP contribution >= 0.6 is 31.9 Å². The minimum atomic E-state index is -0.489. The predicted octanol–water partition coefficient (Wildman–Crippen LogP) is 2.07. The van der Waals surface area contributed by atoms with Crippen LogP contribution in [-0.2, 0) is 0 Å². The van der Waals surface area contributed by atoms with E-state index in [4.69, 9.17) is 5.73 Å². The number of nitrogen functional groups attached to an aromatic ring is 1. The zero-order valence-electron chi connectivity index (χ0n) is 10.9. The van der Waals surface area contributed by atoms with Crippen molar-refractivity contribution in [2.24, 2.45) is 0 Å². The van der Waals surface area contributed by atoms with Crippen LogP contribution < -0.4 is 5.73 Å². The van der Waals surface area contributed by atoms with Gasteiger partial charge >= 0.3 is 0 Å². The summed E-state index contributed by atoms with van der Waals surface area (Å²) in [6.45, 7) is 4.79. The molecule has 0 saturated carbocycles. The number of hydrogen-bond acceptors (Lipinski definition) is 4. The number of nitrogens with zero attached hydrogens (tertiary/aromatic N) is 2. The van der Waals surface area contributed by atoms with Crippen LogP contribution in [-0.4, -0.2) is 54.7 Å². The fraction of sp³-hybridized carbons (Fsp3) is 0.538.